The molecule has 2 aromatic carbocycles. The molecular formula is C49H70N8O2S2. The van der Waals surface area contributed by atoms with Gasteiger partial charge in [0.05, 0.1) is 22.9 Å². The summed E-state index contributed by atoms with van der Waals surface area (Å²) in [5.41, 5.74) is 20.7. The number of likely N-dealkylation sites (tertiary alicyclic amines) is 1. The van der Waals surface area contributed by atoms with Gasteiger partial charge in [0.1, 0.15) is 10.6 Å². The molecule has 61 heavy (non-hydrogen) atoms. The van der Waals surface area contributed by atoms with Gasteiger partial charge in [-0.2, -0.15) is 0 Å². The van der Waals surface area contributed by atoms with Gasteiger partial charge in [-0.25, -0.2) is 18.4 Å². The first-order valence-corrected chi connectivity index (χ1v) is 24.5. The lowest BCUT2D eigenvalue weighted by Gasteiger charge is -2.30. The van der Waals surface area contributed by atoms with Crippen molar-refractivity contribution in [3.8, 4) is 11.4 Å². The van der Waals surface area contributed by atoms with E-state index in [1.165, 1.54) is 29.4 Å². The Morgan fingerprint density at radius 1 is 1.02 bits per heavy atom. The lowest BCUT2D eigenvalue weighted by atomic mass is 9.93. The Hall–Kier alpha value is -4.65. The van der Waals surface area contributed by atoms with E-state index in [0.29, 0.717) is 39.9 Å². The van der Waals surface area contributed by atoms with Crippen LogP contribution in [0.3, 0.4) is 0 Å². The monoisotopic (exact) mass is 867 g/mol. The van der Waals surface area contributed by atoms with E-state index < -0.39 is 10.0 Å². The number of thiazole rings is 1. The van der Waals surface area contributed by atoms with Crippen LogP contribution in [0.4, 0.5) is 10.8 Å². The number of anilines is 2. The SMILES string of the molecule is C=C(N)[C@@H]1C[C@@H](Cc2cc(-c3csc(NC(C)C)n3)nc3cc(CC)ccc23)CN1C(=C)C(C)N.C=C1NS(=O)(=O)c2ccccc2NCCCCC/C=C\[C@@H]2CC12.CCC. The van der Waals surface area contributed by atoms with Gasteiger partial charge in [0.25, 0.3) is 10.0 Å². The first kappa shape index (κ1) is 47.4. The maximum Gasteiger partial charge on any atom is 0.263 e. The van der Waals surface area contributed by atoms with E-state index >= 15 is 0 Å². The molecule has 2 unspecified atom stereocenters. The summed E-state index contributed by atoms with van der Waals surface area (Å²) in [6.07, 6.45) is 14.0. The minimum atomic E-state index is -3.59. The van der Waals surface area contributed by atoms with Crippen LogP contribution in [0.2, 0.25) is 0 Å². The van der Waals surface area contributed by atoms with Gasteiger partial charge in [0.2, 0.25) is 0 Å². The number of hydrogen-bond donors (Lipinski definition) is 5. The number of fused-ring (bicyclic) bond motifs is 3. The van der Waals surface area contributed by atoms with E-state index in [1.807, 2.05) is 19.1 Å². The van der Waals surface area contributed by atoms with Crippen LogP contribution in [-0.2, 0) is 22.9 Å². The normalized spacial score (nSPS) is 22.0. The quantitative estimate of drug-likeness (QED) is 0.104. The molecule has 12 heteroatoms. The number of nitrogens with zero attached hydrogens (tertiary/aromatic N) is 3. The highest BCUT2D eigenvalue weighted by molar-refractivity contribution is 7.89. The summed E-state index contributed by atoms with van der Waals surface area (Å²) in [5, 5.41) is 10.9. The average Bonchev–Trinajstić information content (AvgIpc) is 3.63. The number of rotatable bonds is 9. The molecule has 0 amide bonds. The summed E-state index contributed by atoms with van der Waals surface area (Å²) in [6, 6.07) is 16.2. The van der Waals surface area contributed by atoms with Gasteiger partial charge in [-0.15, -0.1) is 11.3 Å². The third-order valence-corrected chi connectivity index (χ3v) is 13.5. The van der Waals surface area contributed by atoms with E-state index in [1.54, 1.807) is 23.5 Å². The Bertz CT molecular complexity index is 2260. The van der Waals surface area contributed by atoms with Crippen molar-refractivity contribution in [3.05, 3.63) is 114 Å². The van der Waals surface area contributed by atoms with E-state index in [9.17, 15) is 8.42 Å². The van der Waals surface area contributed by atoms with Crippen LogP contribution >= 0.6 is 11.3 Å². The number of sulfonamides is 1. The number of para-hydroxylation sites is 1. The second-order valence-electron chi connectivity index (χ2n) is 17.1. The van der Waals surface area contributed by atoms with Crippen molar-refractivity contribution in [2.75, 3.05) is 23.7 Å². The molecule has 2 aromatic heterocycles. The molecule has 5 atom stereocenters. The molecule has 7 N–H and O–H groups in total. The molecule has 2 aliphatic heterocycles. The molecule has 1 saturated heterocycles. The summed E-state index contributed by atoms with van der Waals surface area (Å²) in [6.45, 7) is 26.5. The predicted molar refractivity (Wildman–Crippen MR) is 259 cm³/mol. The second-order valence-corrected chi connectivity index (χ2v) is 19.6. The van der Waals surface area contributed by atoms with Crippen molar-refractivity contribution < 1.29 is 8.42 Å². The Morgan fingerprint density at radius 3 is 2.48 bits per heavy atom. The van der Waals surface area contributed by atoms with Crippen molar-refractivity contribution in [2.24, 2.45) is 29.2 Å². The van der Waals surface area contributed by atoms with Crippen molar-refractivity contribution in [1.82, 2.24) is 19.6 Å². The van der Waals surface area contributed by atoms with Crippen molar-refractivity contribution in [2.45, 2.75) is 122 Å². The molecule has 0 radical (unpaired) electrons. The highest BCUT2D eigenvalue weighted by Gasteiger charge is 2.39. The predicted octanol–water partition coefficient (Wildman–Crippen LogP) is 10.4. The number of pyridine rings is 1. The highest BCUT2D eigenvalue weighted by atomic mass is 32.2. The first-order valence-electron chi connectivity index (χ1n) is 22.2. The Balaban J connectivity index is 0.000000233. The fourth-order valence-electron chi connectivity index (χ4n) is 7.92. The first-order chi connectivity index (χ1) is 29.1. The molecule has 1 aliphatic carbocycles. The molecule has 0 bridgehead atoms. The topological polar surface area (TPSA) is 151 Å². The number of nitrogens with one attached hydrogen (secondary N) is 3. The summed E-state index contributed by atoms with van der Waals surface area (Å²) in [7, 11) is -3.59. The maximum atomic E-state index is 12.7. The van der Waals surface area contributed by atoms with E-state index in [4.69, 9.17) is 21.4 Å². The second kappa shape index (κ2) is 21.9. The largest absolute Gasteiger partial charge is 0.401 e. The molecule has 4 aromatic rings. The fraction of sp³-hybridized carbons (Fsp3) is 0.469. The number of nitrogens with two attached hydrogens (primary N) is 2. The van der Waals surface area contributed by atoms with Crippen LogP contribution in [-0.4, -0.2) is 54.5 Å². The molecule has 2 fully saturated rings. The number of allylic oxidation sites excluding steroid dienone is 3. The van der Waals surface area contributed by atoms with Crippen molar-refractivity contribution in [1.29, 1.82) is 0 Å². The smallest absolute Gasteiger partial charge is 0.263 e. The summed E-state index contributed by atoms with van der Waals surface area (Å²) in [4.78, 5) is 12.4. The minimum absolute atomic E-state index is 0.0703. The van der Waals surface area contributed by atoms with Crippen molar-refractivity contribution in [3.63, 3.8) is 0 Å². The average molecular weight is 867 g/mol. The lowest BCUT2D eigenvalue weighted by molar-refractivity contribution is 0.328. The standard InChI is InChI=1S/C28H38N6S.C18H24N2O2S.C3H8/c1-7-20-8-9-23-22(10-21-12-27(18(5)30)34(14-21)19(6)17(4)29)13-25(32-24(23)11-20)26-15-35-28(33-26)31-16(2)3;1-14-16-13-15(16)9-5-3-2-4-8-12-19-17-10-6-7-11-18(17)23(21,22)20-14;1-3-2/h8-9,11,13,15-17,21,27H,5-7,10,12,14,29-30H2,1-4H3,(H,31,33);5-7,9-11,15-16,19-20H,1-4,8,12-13H2;3H2,1-2H3/b;9-5-;/t17?,21-,27+;15-,16?;/m11./s1. The van der Waals surface area contributed by atoms with Crippen LogP contribution in [0.15, 0.2) is 108 Å². The number of hydrogen-bond acceptors (Lipinski definition) is 10. The number of aryl methyl sites for hydroxylation is 1. The Kier molecular flexibility index (Phi) is 17.0. The maximum absolute atomic E-state index is 12.7. The molecule has 4 heterocycles. The zero-order chi connectivity index (χ0) is 44.3. The lowest BCUT2D eigenvalue weighted by Crippen LogP contribution is -2.38. The zero-order valence-corrected chi connectivity index (χ0v) is 39.0. The Morgan fingerprint density at radius 2 is 1.77 bits per heavy atom. The Labute approximate surface area is 370 Å². The third-order valence-electron chi connectivity index (χ3n) is 11.2. The summed E-state index contributed by atoms with van der Waals surface area (Å²) >= 11 is 1.62. The van der Waals surface area contributed by atoms with Crippen molar-refractivity contribution >= 4 is 43.1 Å². The molecule has 7 rings (SSSR count). The van der Waals surface area contributed by atoms with Gasteiger partial charge in [-0.1, -0.05) is 89.8 Å². The van der Waals surface area contributed by atoms with E-state index in [-0.39, 0.29) is 18.0 Å². The third kappa shape index (κ3) is 12.9. The molecule has 0 spiro atoms. The van der Waals surface area contributed by atoms with Crippen LogP contribution < -0.4 is 26.8 Å². The number of aromatic nitrogens is 2. The fourth-order valence-corrected chi connectivity index (χ4v) is 10.1. The molecule has 1 saturated carbocycles. The van der Waals surface area contributed by atoms with Crippen LogP contribution in [0.25, 0.3) is 22.3 Å². The molecule has 10 nitrogen and oxygen atoms in total. The summed E-state index contributed by atoms with van der Waals surface area (Å²) in [5.74, 6) is 1.07. The highest BCUT2D eigenvalue weighted by Crippen LogP contribution is 2.44. The molecular weight excluding hydrogens is 797 g/mol. The van der Waals surface area contributed by atoms with E-state index in [2.05, 4.69) is 116 Å². The van der Waals surface area contributed by atoms with Gasteiger partial charge in [-0.05, 0) is 113 Å². The van der Waals surface area contributed by atoms with Crippen LogP contribution in [0.1, 0.15) is 97.6 Å². The van der Waals surface area contributed by atoms with E-state index in [0.717, 1.165) is 85.8 Å². The zero-order valence-electron chi connectivity index (χ0n) is 37.3. The van der Waals surface area contributed by atoms with Gasteiger partial charge in [0, 0.05) is 58.9 Å². The van der Waals surface area contributed by atoms with Crippen LogP contribution in [0.5, 0.6) is 0 Å². The van der Waals surface area contributed by atoms with Gasteiger partial charge >= 0.3 is 0 Å². The number of benzene rings is 2. The molecule has 3 aliphatic rings. The molecule has 330 valence electrons. The summed E-state index contributed by atoms with van der Waals surface area (Å²) < 4.78 is 28.0. The van der Waals surface area contributed by atoms with Gasteiger partial charge in [-0.3, -0.25) is 4.72 Å². The van der Waals surface area contributed by atoms with Gasteiger partial charge < -0.3 is 27.0 Å². The minimum Gasteiger partial charge on any atom is -0.401 e. The van der Waals surface area contributed by atoms with Gasteiger partial charge in [0.15, 0.2) is 5.13 Å². The van der Waals surface area contributed by atoms with Crippen LogP contribution in [0, 0.1) is 17.8 Å².